The van der Waals surface area contributed by atoms with Crippen LogP contribution in [0.2, 0.25) is 0 Å². The molecule has 156 valence electrons. The Morgan fingerprint density at radius 3 is 2.27 bits per heavy atom. The lowest BCUT2D eigenvalue weighted by molar-refractivity contribution is -0.385. The molecule has 1 heterocycles. The highest BCUT2D eigenvalue weighted by molar-refractivity contribution is 5.73. The van der Waals surface area contributed by atoms with Crippen LogP contribution < -0.4 is 24.8 Å². The fourth-order valence-corrected chi connectivity index (χ4v) is 2.83. The van der Waals surface area contributed by atoms with Gasteiger partial charge in [-0.3, -0.25) is 10.1 Å². The van der Waals surface area contributed by atoms with Gasteiger partial charge < -0.3 is 24.8 Å². The van der Waals surface area contributed by atoms with Crippen LogP contribution >= 0.6 is 0 Å². The fraction of sp³-hybridized carbons (Fsp3) is 0.200. The first-order valence-electron chi connectivity index (χ1n) is 8.89. The first-order valence-corrected chi connectivity index (χ1v) is 8.89. The van der Waals surface area contributed by atoms with E-state index < -0.39 is 4.92 Å². The minimum Gasteiger partial charge on any atom is -0.497 e. The molecule has 3 rings (SSSR count). The van der Waals surface area contributed by atoms with Crippen LogP contribution in [0, 0.1) is 17.0 Å². The van der Waals surface area contributed by atoms with E-state index in [1.54, 1.807) is 56.5 Å². The number of aryl methyl sites for hydroxylation is 1. The number of aromatic nitrogens is 2. The summed E-state index contributed by atoms with van der Waals surface area (Å²) in [6.07, 6.45) is 0. The lowest BCUT2D eigenvalue weighted by Gasteiger charge is -2.14. The minimum absolute atomic E-state index is 0.0342. The topological polar surface area (TPSA) is 121 Å². The Kier molecular flexibility index (Phi) is 6.16. The maximum Gasteiger partial charge on any atom is 0.332 e. The molecule has 0 spiro atoms. The summed E-state index contributed by atoms with van der Waals surface area (Å²) >= 11 is 0. The molecule has 0 amide bonds. The number of ether oxygens (including phenoxy) is 3. The summed E-state index contributed by atoms with van der Waals surface area (Å²) in [5.41, 5.74) is 1.08. The van der Waals surface area contributed by atoms with Crippen molar-refractivity contribution < 1.29 is 19.1 Å². The van der Waals surface area contributed by atoms with Crippen molar-refractivity contribution in [3.8, 4) is 17.2 Å². The standard InChI is InChI=1S/C20H21N5O5/c1-12-18(25(26)27)19(22-14-7-5-6-8-16(14)29-3)24-20(21-12)23-15-10-9-13(28-2)11-17(15)30-4/h5-11H,1-4H3,(H2,21,22,23,24). The highest BCUT2D eigenvalue weighted by Crippen LogP contribution is 2.35. The molecule has 0 atom stereocenters. The molecule has 10 heteroatoms. The molecule has 0 aliphatic heterocycles. The van der Waals surface area contributed by atoms with Crippen molar-refractivity contribution in [2.24, 2.45) is 0 Å². The molecule has 10 nitrogen and oxygen atoms in total. The second-order valence-electron chi connectivity index (χ2n) is 6.10. The van der Waals surface area contributed by atoms with E-state index in [2.05, 4.69) is 20.6 Å². The van der Waals surface area contributed by atoms with Crippen molar-refractivity contribution in [1.82, 2.24) is 9.97 Å². The molecule has 0 radical (unpaired) electrons. The van der Waals surface area contributed by atoms with E-state index in [1.807, 2.05) is 0 Å². The van der Waals surface area contributed by atoms with Gasteiger partial charge in [-0.25, -0.2) is 4.98 Å². The van der Waals surface area contributed by atoms with Gasteiger partial charge in [-0.15, -0.1) is 0 Å². The highest BCUT2D eigenvalue weighted by Gasteiger charge is 2.23. The van der Waals surface area contributed by atoms with Gasteiger partial charge in [0.05, 0.1) is 37.6 Å². The second-order valence-corrected chi connectivity index (χ2v) is 6.10. The van der Waals surface area contributed by atoms with E-state index in [9.17, 15) is 10.1 Å². The molecule has 3 aromatic rings. The predicted octanol–water partition coefficient (Wildman–Crippen LogP) is 4.21. The van der Waals surface area contributed by atoms with Gasteiger partial charge in [-0.1, -0.05) is 12.1 Å². The summed E-state index contributed by atoms with van der Waals surface area (Å²) in [6.45, 7) is 1.55. The zero-order valence-corrected chi connectivity index (χ0v) is 16.9. The fourth-order valence-electron chi connectivity index (χ4n) is 2.83. The number of anilines is 4. The summed E-state index contributed by atoms with van der Waals surface area (Å²) in [7, 11) is 4.60. The number of nitrogens with zero attached hydrogens (tertiary/aromatic N) is 3. The smallest absolute Gasteiger partial charge is 0.332 e. The number of rotatable bonds is 8. The van der Waals surface area contributed by atoms with E-state index in [1.165, 1.54) is 14.2 Å². The third-order valence-electron chi connectivity index (χ3n) is 4.26. The van der Waals surface area contributed by atoms with Crippen LogP contribution in [-0.2, 0) is 0 Å². The van der Waals surface area contributed by atoms with E-state index in [-0.39, 0.29) is 23.1 Å². The van der Waals surface area contributed by atoms with E-state index >= 15 is 0 Å². The van der Waals surface area contributed by atoms with Crippen molar-refractivity contribution in [1.29, 1.82) is 0 Å². The van der Waals surface area contributed by atoms with E-state index in [4.69, 9.17) is 14.2 Å². The molecule has 0 aliphatic rings. The lowest BCUT2D eigenvalue weighted by Crippen LogP contribution is -2.08. The van der Waals surface area contributed by atoms with Gasteiger partial charge in [0.25, 0.3) is 0 Å². The molecule has 0 saturated carbocycles. The van der Waals surface area contributed by atoms with Gasteiger partial charge in [0, 0.05) is 6.07 Å². The maximum atomic E-state index is 11.6. The largest absolute Gasteiger partial charge is 0.497 e. The molecule has 1 aromatic heterocycles. The van der Waals surface area contributed by atoms with Crippen LogP contribution in [-0.4, -0.2) is 36.2 Å². The molecular weight excluding hydrogens is 390 g/mol. The van der Waals surface area contributed by atoms with Gasteiger partial charge in [-0.2, -0.15) is 4.98 Å². The SMILES string of the molecule is COc1ccc(Nc2nc(C)c([N+](=O)[O-])c(Nc3ccccc3OC)n2)c(OC)c1. The predicted molar refractivity (Wildman–Crippen MR) is 113 cm³/mol. The average Bonchev–Trinajstić information content (AvgIpc) is 2.73. The quantitative estimate of drug-likeness (QED) is 0.415. The first-order chi connectivity index (χ1) is 14.5. The maximum absolute atomic E-state index is 11.6. The van der Waals surface area contributed by atoms with Gasteiger partial charge in [0.15, 0.2) is 0 Å². The molecule has 0 aliphatic carbocycles. The average molecular weight is 411 g/mol. The van der Waals surface area contributed by atoms with Crippen molar-refractivity contribution >= 4 is 28.8 Å². The molecule has 0 fully saturated rings. The molecule has 30 heavy (non-hydrogen) atoms. The normalized spacial score (nSPS) is 10.3. The summed E-state index contributed by atoms with van der Waals surface area (Å²) in [6, 6.07) is 12.2. The van der Waals surface area contributed by atoms with Crippen LogP contribution in [0.15, 0.2) is 42.5 Å². The molecule has 0 unspecified atom stereocenters. The van der Waals surface area contributed by atoms with Crippen LogP contribution in [0.1, 0.15) is 5.69 Å². The van der Waals surface area contributed by atoms with Crippen molar-refractivity contribution in [2.45, 2.75) is 6.92 Å². The summed E-state index contributed by atoms with van der Waals surface area (Å²) in [5, 5.41) is 17.6. The summed E-state index contributed by atoms with van der Waals surface area (Å²) < 4.78 is 15.9. The number of hydrogen-bond donors (Lipinski definition) is 2. The zero-order chi connectivity index (χ0) is 21.7. The van der Waals surface area contributed by atoms with Crippen LogP contribution in [0.3, 0.4) is 0 Å². The van der Waals surface area contributed by atoms with Gasteiger partial charge in [0.1, 0.15) is 22.9 Å². The number of methoxy groups -OCH3 is 3. The second kappa shape index (κ2) is 8.95. The van der Waals surface area contributed by atoms with Gasteiger partial charge >= 0.3 is 5.69 Å². The Bertz CT molecular complexity index is 1070. The Morgan fingerprint density at radius 1 is 0.900 bits per heavy atom. The number of benzene rings is 2. The number of para-hydroxylation sites is 2. The highest BCUT2D eigenvalue weighted by atomic mass is 16.6. The third-order valence-corrected chi connectivity index (χ3v) is 4.26. The Labute approximate surface area is 173 Å². The van der Waals surface area contributed by atoms with Crippen molar-refractivity contribution in [2.75, 3.05) is 32.0 Å². The number of hydrogen-bond acceptors (Lipinski definition) is 9. The number of nitro groups is 1. The monoisotopic (exact) mass is 411 g/mol. The molecule has 0 saturated heterocycles. The summed E-state index contributed by atoms with van der Waals surface area (Å²) in [4.78, 5) is 19.7. The van der Waals surface area contributed by atoms with E-state index in [0.717, 1.165) is 0 Å². The van der Waals surface area contributed by atoms with Gasteiger partial charge in [0.2, 0.25) is 11.8 Å². The third kappa shape index (κ3) is 4.32. The summed E-state index contributed by atoms with van der Waals surface area (Å²) in [5.74, 6) is 1.85. The Hall–Kier alpha value is -4.08. The van der Waals surface area contributed by atoms with Crippen LogP contribution in [0.25, 0.3) is 0 Å². The van der Waals surface area contributed by atoms with Crippen LogP contribution in [0.4, 0.5) is 28.8 Å². The van der Waals surface area contributed by atoms with E-state index in [0.29, 0.717) is 28.6 Å². The Balaban J connectivity index is 2.03. The van der Waals surface area contributed by atoms with Crippen molar-refractivity contribution in [3.05, 3.63) is 58.3 Å². The van der Waals surface area contributed by atoms with Crippen LogP contribution in [0.5, 0.6) is 17.2 Å². The van der Waals surface area contributed by atoms with Gasteiger partial charge in [-0.05, 0) is 31.2 Å². The first kappa shape index (κ1) is 20.6. The molecule has 0 bridgehead atoms. The zero-order valence-electron chi connectivity index (χ0n) is 16.9. The number of nitrogens with one attached hydrogen (secondary N) is 2. The molecule has 2 aromatic carbocycles. The molecule has 2 N–H and O–H groups in total. The minimum atomic E-state index is -0.523. The molecular formula is C20H21N5O5. The van der Waals surface area contributed by atoms with Crippen molar-refractivity contribution in [3.63, 3.8) is 0 Å². The lowest BCUT2D eigenvalue weighted by atomic mass is 10.2. The Morgan fingerprint density at radius 2 is 1.60 bits per heavy atom.